The number of hydrogen-bond donors (Lipinski definition) is 2. The number of H-pyrrole nitrogens is 1. The Bertz CT molecular complexity index is 1410. The molecule has 2 N–H and O–H groups in total. The van der Waals surface area contributed by atoms with E-state index in [4.69, 9.17) is 4.74 Å². The summed E-state index contributed by atoms with van der Waals surface area (Å²) in [4.78, 5) is 18.0. The largest absolute Gasteiger partial charge is 0.507 e. The number of para-hydroxylation sites is 1. The molecule has 5 heterocycles. The minimum absolute atomic E-state index is 0.00203. The third-order valence-corrected chi connectivity index (χ3v) is 7.27. The van der Waals surface area contributed by atoms with E-state index < -0.39 is 0 Å². The van der Waals surface area contributed by atoms with Crippen LogP contribution in [0.25, 0.3) is 33.4 Å². The summed E-state index contributed by atoms with van der Waals surface area (Å²) in [5.41, 5.74) is 5.24. The van der Waals surface area contributed by atoms with Gasteiger partial charge in [0.25, 0.3) is 0 Å². The van der Waals surface area contributed by atoms with Crippen molar-refractivity contribution in [3.05, 3.63) is 79.0 Å². The summed E-state index contributed by atoms with van der Waals surface area (Å²) in [5, 5.41) is 20.3. The Morgan fingerprint density at radius 2 is 1.91 bits per heavy atom. The van der Waals surface area contributed by atoms with Crippen LogP contribution in [0.3, 0.4) is 0 Å². The molecule has 0 spiro atoms. The van der Waals surface area contributed by atoms with Gasteiger partial charge in [-0.25, -0.2) is 0 Å². The van der Waals surface area contributed by atoms with Gasteiger partial charge in [-0.15, -0.1) is 10.2 Å². The minimum Gasteiger partial charge on any atom is -0.507 e. The topological polar surface area (TPSA) is 91.3 Å². The molecular weight excluding hydrogens is 440 g/mol. The third-order valence-electron chi connectivity index (χ3n) is 7.27. The molecule has 7 nitrogen and oxygen atoms in total. The Morgan fingerprint density at radius 3 is 2.71 bits per heavy atom. The van der Waals surface area contributed by atoms with Crippen LogP contribution in [0.4, 0.5) is 0 Å². The number of aromatic nitrogens is 3. The number of ether oxygens (including phenoxy) is 1. The van der Waals surface area contributed by atoms with Crippen molar-refractivity contribution in [3.63, 3.8) is 0 Å². The fourth-order valence-electron chi connectivity index (χ4n) is 5.59. The van der Waals surface area contributed by atoms with E-state index in [-0.39, 0.29) is 29.5 Å². The lowest BCUT2D eigenvalue weighted by molar-refractivity contribution is -0.130. The van der Waals surface area contributed by atoms with E-state index in [1.165, 1.54) is 6.08 Å². The van der Waals surface area contributed by atoms with Gasteiger partial charge in [0.15, 0.2) is 5.65 Å². The van der Waals surface area contributed by atoms with Crippen LogP contribution in [0, 0.1) is 5.92 Å². The van der Waals surface area contributed by atoms with Crippen LogP contribution >= 0.6 is 0 Å². The van der Waals surface area contributed by atoms with Crippen LogP contribution in [0.15, 0.2) is 73.3 Å². The highest BCUT2D eigenvalue weighted by atomic mass is 16.5. The summed E-state index contributed by atoms with van der Waals surface area (Å²) in [6, 6.07) is 19.4. The van der Waals surface area contributed by atoms with Crippen LogP contribution in [-0.4, -0.2) is 56.9 Å². The maximum absolute atomic E-state index is 12.5. The number of carbonyl (C=O) groups is 1. The zero-order valence-electron chi connectivity index (χ0n) is 19.2. The number of fused-ring (bicyclic) bond motifs is 5. The van der Waals surface area contributed by atoms with Crippen LogP contribution < -0.4 is 0 Å². The lowest BCUT2D eigenvalue weighted by Crippen LogP contribution is -2.48. The molecule has 7 heteroatoms. The number of nitrogens with zero attached hydrogens (tertiary/aromatic N) is 3. The van der Waals surface area contributed by atoms with Crippen molar-refractivity contribution >= 4 is 16.9 Å². The molecule has 0 saturated carbocycles. The van der Waals surface area contributed by atoms with Crippen molar-refractivity contribution < 1.29 is 14.6 Å². The van der Waals surface area contributed by atoms with Gasteiger partial charge in [0.05, 0.1) is 24.9 Å². The summed E-state index contributed by atoms with van der Waals surface area (Å²) < 4.78 is 5.97. The monoisotopic (exact) mass is 466 g/mol. The van der Waals surface area contributed by atoms with E-state index in [1.54, 1.807) is 12.1 Å². The Kier molecular flexibility index (Phi) is 5.34. The lowest BCUT2D eigenvalue weighted by Gasteiger charge is -2.40. The van der Waals surface area contributed by atoms with Gasteiger partial charge >= 0.3 is 0 Å². The highest BCUT2D eigenvalue weighted by Gasteiger charge is 2.42. The number of benzene rings is 2. The minimum atomic E-state index is -0.0398. The molecule has 2 aromatic heterocycles. The highest BCUT2D eigenvalue weighted by Crippen LogP contribution is 2.45. The molecule has 0 radical (unpaired) electrons. The molecule has 3 aliphatic rings. The van der Waals surface area contributed by atoms with Crippen molar-refractivity contribution in [1.82, 2.24) is 20.1 Å². The number of nitrogens with one attached hydrogen (secondary N) is 1. The summed E-state index contributed by atoms with van der Waals surface area (Å²) in [7, 11) is 0. The number of aromatic hydroxyl groups is 1. The average molecular weight is 467 g/mol. The van der Waals surface area contributed by atoms with E-state index in [2.05, 4.69) is 33.9 Å². The lowest BCUT2D eigenvalue weighted by atomic mass is 9.79. The molecule has 3 fully saturated rings. The molecule has 0 aliphatic carbocycles. The first-order chi connectivity index (χ1) is 17.1. The predicted octanol–water partition coefficient (Wildman–Crippen LogP) is 4.51. The number of amides is 1. The summed E-state index contributed by atoms with van der Waals surface area (Å²) in [6.07, 6.45) is 2.20. The van der Waals surface area contributed by atoms with Crippen molar-refractivity contribution in [2.24, 2.45) is 5.92 Å². The summed E-state index contributed by atoms with van der Waals surface area (Å²) in [6.45, 7) is 5.45. The summed E-state index contributed by atoms with van der Waals surface area (Å²) in [5.74, 6) is 0.457. The predicted molar refractivity (Wildman–Crippen MR) is 134 cm³/mol. The van der Waals surface area contributed by atoms with Crippen molar-refractivity contribution in [2.75, 3.05) is 19.8 Å². The van der Waals surface area contributed by atoms with Crippen molar-refractivity contribution in [2.45, 2.75) is 18.4 Å². The Balaban J connectivity index is 1.51. The Labute approximate surface area is 203 Å². The second kappa shape index (κ2) is 8.67. The van der Waals surface area contributed by atoms with E-state index in [0.29, 0.717) is 36.7 Å². The molecule has 35 heavy (non-hydrogen) atoms. The van der Waals surface area contributed by atoms with Gasteiger partial charge in [-0.2, -0.15) is 0 Å². The third kappa shape index (κ3) is 3.68. The van der Waals surface area contributed by atoms with Crippen LogP contribution in [0.1, 0.15) is 18.0 Å². The second-order valence-corrected chi connectivity index (χ2v) is 9.28. The molecule has 3 unspecified atom stereocenters. The number of phenols is 1. The van der Waals surface area contributed by atoms with Gasteiger partial charge < -0.3 is 19.7 Å². The second-order valence-electron chi connectivity index (χ2n) is 9.28. The van der Waals surface area contributed by atoms with Crippen LogP contribution in [-0.2, 0) is 9.53 Å². The molecule has 1 amide bonds. The number of aromatic amines is 1. The van der Waals surface area contributed by atoms with E-state index in [0.717, 1.165) is 28.6 Å². The first-order valence-electron chi connectivity index (χ1n) is 11.9. The smallest absolute Gasteiger partial charge is 0.246 e. The first-order valence-corrected chi connectivity index (χ1v) is 11.9. The maximum Gasteiger partial charge on any atom is 0.246 e. The molecule has 4 aromatic rings. The molecule has 3 saturated heterocycles. The SMILES string of the molecule is C=CC(=O)N1CC2COCC1CC2c1[nH]c2nnc(-c3ccccc3O)cc2c1-c1ccccc1. The van der Waals surface area contributed by atoms with Gasteiger partial charge in [-0.1, -0.05) is 49.0 Å². The van der Waals surface area contributed by atoms with Crippen LogP contribution in [0.5, 0.6) is 5.75 Å². The fraction of sp³-hybridized carbons (Fsp3) is 0.250. The summed E-state index contributed by atoms with van der Waals surface area (Å²) >= 11 is 0. The standard InChI is InChI=1S/C28H26N4O3/c1-2-25(34)32-14-18-15-35-16-19(32)12-21(18)27-26(17-8-4-3-5-9-17)22-13-23(30-31-28(22)29-27)20-10-6-7-11-24(20)33/h2-11,13,18-19,21,33H,1,12,14-16H2,(H,29,31). The molecule has 7 rings (SSSR count). The van der Waals surface area contributed by atoms with Crippen molar-refractivity contribution in [1.29, 1.82) is 0 Å². The Hall–Kier alpha value is -3.97. The number of piperidine rings is 1. The van der Waals surface area contributed by atoms with E-state index in [9.17, 15) is 9.90 Å². The van der Waals surface area contributed by atoms with Crippen molar-refractivity contribution in [3.8, 4) is 28.1 Å². The zero-order chi connectivity index (χ0) is 23.9. The highest BCUT2D eigenvalue weighted by molar-refractivity contribution is 5.97. The quantitative estimate of drug-likeness (QED) is 0.432. The van der Waals surface area contributed by atoms with E-state index in [1.807, 2.05) is 41.3 Å². The molecule has 176 valence electrons. The van der Waals surface area contributed by atoms with Gasteiger partial charge in [0, 0.05) is 40.6 Å². The molecular formula is C28H26N4O3. The normalized spacial score (nSPS) is 21.7. The van der Waals surface area contributed by atoms with Gasteiger partial charge in [0.2, 0.25) is 5.91 Å². The van der Waals surface area contributed by atoms with Gasteiger partial charge in [-0.3, -0.25) is 4.79 Å². The first kappa shape index (κ1) is 21.6. The zero-order valence-corrected chi connectivity index (χ0v) is 19.2. The number of hydrogen-bond acceptors (Lipinski definition) is 5. The number of phenolic OH excluding ortho intramolecular Hbond substituents is 1. The van der Waals surface area contributed by atoms with Gasteiger partial charge in [-0.05, 0) is 36.3 Å². The molecule has 2 bridgehead atoms. The average Bonchev–Trinajstić information content (AvgIpc) is 3.01. The molecule has 2 aromatic carbocycles. The van der Waals surface area contributed by atoms with Crippen LogP contribution in [0.2, 0.25) is 0 Å². The Morgan fingerprint density at radius 1 is 1.11 bits per heavy atom. The van der Waals surface area contributed by atoms with Gasteiger partial charge in [0.1, 0.15) is 5.75 Å². The van der Waals surface area contributed by atoms with E-state index >= 15 is 0 Å². The number of rotatable bonds is 4. The number of carbonyl (C=O) groups excluding carboxylic acids is 1. The molecule has 3 aliphatic heterocycles. The molecule has 3 atom stereocenters. The fourth-order valence-corrected chi connectivity index (χ4v) is 5.59. The maximum atomic E-state index is 12.5.